The van der Waals surface area contributed by atoms with E-state index in [-0.39, 0.29) is 0 Å². The molecule has 196 valence electrons. The molecule has 21 heteroatoms. The van der Waals surface area contributed by atoms with Gasteiger partial charge >= 0.3 is 47.8 Å². The summed E-state index contributed by atoms with van der Waals surface area (Å²) in [6, 6.07) is 0. The molecule has 0 aliphatic rings. The Balaban J connectivity index is 6.69. The van der Waals surface area contributed by atoms with E-state index >= 15 is 0 Å². The Labute approximate surface area is 167 Å². The van der Waals surface area contributed by atoms with Crippen LogP contribution in [0.4, 0.5) is 79.0 Å². The molecule has 0 bridgehead atoms. The molecule has 33 heavy (non-hydrogen) atoms. The molecule has 0 aliphatic heterocycles. The van der Waals surface area contributed by atoms with Crippen molar-refractivity contribution in [2.45, 2.75) is 47.8 Å². The van der Waals surface area contributed by atoms with Crippen LogP contribution in [0.3, 0.4) is 0 Å². The third-order valence-electron chi connectivity index (χ3n) is 3.30. The third kappa shape index (κ3) is 4.91. The van der Waals surface area contributed by atoms with Crippen molar-refractivity contribution < 1.29 is 93.7 Å². The van der Waals surface area contributed by atoms with E-state index in [4.69, 9.17) is 0 Å². The van der Waals surface area contributed by atoms with E-state index in [1.165, 1.54) is 0 Å². The van der Waals surface area contributed by atoms with Crippen LogP contribution in [-0.4, -0.2) is 60.4 Å². The van der Waals surface area contributed by atoms with Crippen molar-refractivity contribution in [3.63, 3.8) is 0 Å². The second kappa shape index (κ2) is 8.29. The Morgan fingerprint density at radius 2 is 0.970 bits per heavy atom. The summed E-state index contributed by atoms with van der Waals surface area (Å²) in [5, 5.41) is 9.81. The quantitative estimate of drug-likeness (QED) is 0.384. The van der Waals surface area contributed by atoms with E-state index < -0.39 is 72.3 Å². The molecule has 0 aromatic heterocycles. The van der Waals surface area contributed by atoms with Gasteiger partial charge in [0.1, 0.15) is 0 Å². The zero-order valence-electron chi connectivity index (χ0n) is 14.3. The topological polar surface area (TPSA) is 49.4 Å². The number of carbonyl (C=O) groups is 1. The molecule has 0 aliphatic carbocycles. The minimum atomic E-state index is -8.72. The Morgan fingerprint density at radius 1 is 0.636 bits per heavy atom. The van der Waals surface area contributed by atoms with Gasteiger partial charge < -0.3 is 14.6 Å². The molecule has 0 saturated carbocycles. The van der Waals surface area contributed by atoms with Crippen LogP contribution >= 0.6 is 0 Å². The number of ether oxygens (including phenoxy) is 1. The molecule has 0 saturated heterocycles. The average molecular weight is 537 g/mol. The monoisotopic (exact) mass is 537 g/mol. The highest BCUT2D eigenvalue weighted by Gasteiger charge is 2.93. The van der Waals surface area contributed by atoms with Gasteiger partial charge in [-0.1, -0.05) is 0 Å². The van der Waals surface area contributed by atoms with Gasteiger partial charge in [0.15, 0.2) is 5.83 Å². The van der Waals surface area contributed by atoms with Gasteiger partial charge in [-0.15, -0.1) is 0 Å². The molecule has 0 heterocycles. The van der Waals surface area contributed by atoms with Crippen molar-refractivity contribution in [1.29, 1.82) is 0 Å². The van der Waals surface area contributed by atoms with Crippen molar-refractivity contribution in [2.75, 3.05) is 6.61 Å². The van der Waals surface area contributed by atoms with Gasteiger partial charge in [0, 0.05) is 0 Å². The normalized spacial score (nSPS) is 16.2. The Kier molecular flexibility index (Phi) is 7.77. The number of hydrogen-bond donors (Lipinski definition) is 0. The summed E-state index contributed by atoms with van der Waals surface area (Å²) in [6.45, 7) is -2.82. The maximum Gasteiger partial charge on any atom is 0.426 e. The van der Waals surface area contributed by atoms with Crippen LogP contribution in [0.1, 0.15) is 0 Å². The molecular formula is C12H3F18O3-. The van der Waals surface area contributed by atoms with Crippen LogP contribution in [-0.2, 0) is 9.53 Å². The van der Waals surface area contributed by atoms with Crippen molar-refractivity contribution in [3.05, 3.63) is 11.9 Å². The van der Waals surface area contributed by atoms with E-state index in [0.29, 0.717) is 0 Å². The first-order chi connectivity index (χ1) is 14.0. The summed E-state index contributed by atoms with van der Waals surface area (Å²) in [6.07, 6.45) is -16.1. The fourth-order valence-electron chi connectivity index (χ4n) is 1.60. The summed E-state index contributed by atoms with van der Waals surface area (Å²) in [7, 11) is 0. The number of allylic oxidation sites excluding steroid dienone is 2. The number of rotatable bonds is 10. The van der Waals surface area contributed by atoms with Crippen molar-refractivity contribution in [2.24, 2.45) is 0 Å². The fraction of sp³-hybridized carbons (Fsp3) is 0.750. The van der Waals surface area contributed by atoms with E-state index in [0.717, 1.165) is 0 Å². The molecule has 0 amide bonds. The number of alkyl halides is 17. The lowest BCUT2D eigenvalue weighted by Crippen LogP contribution is -2.73. The van der Waals surface area contributed by atoms with Gasteiger partial charge in [0.05, 0.1) is 18.7 Å². The largest absolute Gasteiger partial charge is 0.548 e. The van der Waals surface area contributed by atoms with Gasteiger partial charge in [-0.05, 0) is 0 Å². The lowest BCUT2D eigenvalue weighted by atomic mass is 9.90. The number of carboxylic acid groups (broad SMARTS) is 1. The predicted octanol–water partition coefficient (Wildman–Crippen LogP) is 4.57. The van der Waals surface area contributed by atoms with Gasteiger partial charge in [0.2, 0.25) is 0 Å². The highest BCUT2D eigenvalue weighted by Crippen LogP contribution is 2.63. The molecule has 0 N–H and O–H groups in total. The predicted molar refractivity (Wildman–Crippen MR) is 60.8 cm³/mol. The van der Waals surface area contributed by atoms with Crippen LogP contribution in [0, 0.1) is 0 Å². The zero-order chi connectivity index (χ0) is 27.3. The van der Waals surface area contributed by atoms with E-state index in [1.54, 1.807) is 0 Å². The van der Waals surface area contributed by atoms with Crippen LogP contribution < -0.4 is 5.11 Å². The second-order valence-electron chi connectivity index (χ2n) is 5.66. The summed E-state index contributed by atoms with van der Waals surface area (Å²) in [5.41, 5.74) is 0. The fourth-order valence-corrected chi connectivity index (χ4v) is 1.60. The zero-order valence-corrected chi connectivity index (χ0v) is 14.3. The van der Waals surface area contributed by atoms with Crippen LogP contribution in [0.25, 0.3) is 0 Å². The van der Waals surface area contributed by atoms with Crippen molar-refractivity contribution in [3.8, 4) is 0 Å². The first-order valence-corrected chi connectivity index (χ1v) is 6.98. The Morgan fingerprint density at radius 3 is 1.30 bits per heavy atom. The van der Waals surface area contributed by atoms with E-state index in [1.807, 2.05) is 0 Å². The van der Waals surface area contributed by atoms with Crippen LogP contribution in [0.15, 0.2) is 11.9 Å². The second-order valence-corrected chi connectivity index (χ2v) is 5.66. The molecule has 0 spiro atoms. The van der Waals surface area contributed by atoms with Gasteiger partial charge in [-0.25, -0.2) is 4.39 Å². The first-order valence-electron chi connectivity index (χ1n) is 6.98. The Bertz CT molecular complexity index is 764. The highest BCUT2D eigenvalue weighted by atomic mass is 19.4. The smallest absolute Gasteiger partial charge is 0.426 e. The lowest BCUT2D eigenvalue weighted by molar-refractivity contribution is -0.465. The standard InChI is InChI=1S/C12H4F18O3/c13-3(1-5(14,15)16)6(17,18)7(19,20)8(21,22)9(23,24)10(25,26)11(27,28)12(29,30)33-2-4(31)32/h1H,2H2,(H,31,32)/p-1. The minimum Gasteiger partial charge on any atom is -0.548 e. The average Bonchev–Trinajstić information content (AvgIpc) is 2.57. The molecule has 3 nitrogen and oxygen atoms in total. The first kappa shape index (κ1) is 30.9. The molecule has 0 fully saturated rings. The maximum atomic E-state index is 13.4. The molecule has 0 radical (unpaired) electrons. The SMILES string of the molecule is O=C([O-])COC(F)(F)C(F)(F)C(F)(F)C(F)(F)C(F)(F)C(F)(F)C(F)(F)C(F)=CC(F)(F)F. The maximum absolute atomic E-state index is 13.4. The molecule has 0 unspecified atom stereocenters. The molecule has 0 rings (SSSR count). The summed E-state index contributed by atoms with van der Waals surface area (Å²) < 4.78 is 235. The summed E-state index contributed by atoms with van der Waals surface area (Å²) in [4.78, 5) is 9.81. The molecule has 0 atom stereocenters. The summed E-state index contributed by atoms with van der Waals surface area (Å²) >= 11 is 0. The van der Waals surface area contributed by atoms with Crippen LogP contribution in [0.2, 0.25) is 0 Å². The van der Waals surface area contributed by atoms with Crippen LogP contribution in [0.5, 0.6) is 0 Å². The number of carbonyl (C=O) groups excluding carboxylic acids is 1. The third-order valence-corrected chi connectivity index (χ3v) is 3.30. The van der Waals surface area contributed by atoms with Gasteiger partial charge in [-0.2, -0.15) is 74.6 Å². The van der Waals surface area contributed by atoms with Crippen molar-refractivity contribution in [1.82, 2.24) is 0 Å². The minimum absolute atomic E-state index is 2.26. The summed E-state index contributed by atoms with van der Waals surface area (Å²) in [5.74, 6) is -57.8. The van der Waals surface area contributed by atoms with Crippen molar-refractivity contribution >= 4 is 5.97 Å². The lowest BCUT2D eigenvalue weighted by Gasteiger charge is -2.42. The molecular weight excluding hydrogens is 534 g/mol. The number of carboxylic acids is 1. The van der Waals surface area contributed by atoms with E-state index in [9.17, 15) is 88.9 Å². The van der Waals surface area contributed by atoms with E-state index in [2.05, 4.69) is 4.74 Å². The Hall–Kier alpha value is -2.09. The number of halogens is 18. The van der Waals surface area contributed by atoms with Gasteiger partial charge in [-0.3, -0.25) is 0 Å². The molecule has 0 aromatic carbocycles. The van der Waals surface area contributed by atoms with Gasteiger partial charge in [0.25, 0.3) is 0 Å². The number of hydrogen-bond acceptors (Lipinski definition) is 3. The molecule has 0 aromatic rings. The number of aliphatic carboxylic acids is 1. The highest BCUT2D eigenvalue weighted by molar-refractivity contribution is 5.65.